The van der Waals surface area contributed by atoms with Gasteiger partial charge in [-0.2, -0.15) is 0 Å². The van der Waals surface area contributed by atoms with Crippen LogP contribution in [-0.2, 0) is 12.8 Å². The van der Waals surface area contributed by atoms with Crippen LogP contribution in [0.4, 0.5) is 0 Å². The van der Waals surface area contributed by atoms with Gasteiger partial charge in [-0.25, -0.2) is 0 Å². The highest BCUT2D eigenvalue weighted by molar-refractivity contribution is 7.09. The maximum atomic E-state index is 2.77. The first-order valence-electron chi connectivity index (χ1n) is 21.7. The fourth-order valence-corrected chi connectivity index (χ4v) is 15.4. The van der Waals surface area contributed by atoms with Crippen LogP contribution in [0.3, 0.4) is 0 Å². The predicted octanol–water partition coefficient (Wildman–Crippen LogP) is 15.3. The third kappa shape index (κ3) is 7.01. The fourth-order valence-electron chi connectivity index (χ4n) is 11.1. The number of rotatable bonds is 12. The molecule has 0 saturated heterocycles. The summed E-state index contributed by atoms with van der Waals surface area (Å²) in [5.41, 5.74) is 18.7. The molecule has 4 aromatic carbocycles. The second kappa shape index (κ2) is 15.4. The first-order valence-corrected chi connectivity index (χ1v) is 24.7. The highest BCUT2D eigenvalue weighted by Gasteiger charge is 2.44. The smallest absolute Gasteiger partial charge is 0.0652 e. The Morgan fingerprint density at radius 1 is 0.528 bits per heavy atom. The minimum atomic E-state index is -2.25. The summed E-state index contributed by atoms with van der Waals surface area (Å²) in [5, 5.41) is 3.60. The molecule has 0 aromatic heterocycles. The number of hydrogen-bond acceptors (Lipinski definition) is 0. The van der Waals surface area contributed by atoms with E-state index < -0.39 is 8.07 Å². The van der Waals surface area contributed by atoms with Crippen molar-refractivity contribution in [2.24, 2.45) is 11.8 Å². The van der Waals surface area contributed by atoms with Crippen molar-refractivity contribution >= 4 is 18.5 Å². The Bertz CT molecular complexity index is 1840. The number of benzene rings is 4. The fraction of sp³-hybridized carbons (Fsp3) is 0.462. The van der Waals surface area contributed by atoms with E-state index in [0.29, 0.717) is 11.8 Å². The van der Waals surface area contributed by atoms with Crippen LogP contribution in [0.25, 0.3) is 32.6 Å². The van der Waals surface area contributed by atoms with Gasteiger partial charge in [0.2, 0.25) is 0 Å². The minimum Gasteiger partial charge on any atom is -0.0652 e. The molecule has 0 radical (unpaired) electrons. The number of fused-ring (bicyclic) bond motifs is 2. The van der Waals surface area contributed by atoms with Crippen LogP contribution in [0.15, 0.2) is 96.1 Å². The zero-order valence-corrected chi connectivity index (χ0v) is 34.8. The van der Waals surface area contributed by atoms with Crippen LogP contribution in [0, 0.1) is 11.8 Å². The van der Waals surface area contributed by atoms with E-state index in [1.807, 2.05) is 0 Å². The van der Waals surface area contributed by atoms with Crippen LogP contribution in [0.5, 0.6) is 0 Å². The van der Waals surface area contributed by atoms with Gasteiger partial charge in [-0.3, -0.25) is 0 Å². The molecule has 276 valence electrons. The largest absolute Gasteiger partial charge is 0.113 e. The average molecular weight is 717 g/mol. The molecule has 4 aliphatic rings. The van der Waals surface area contributed by atoms with Crippen molar-refractivity contribution in [2.45, 2.75) is 143 Å². The lowest BCUT2D eigenvalue weighted by atomic mass is 9.93. The molecule has 2 saturated carbocycles. The Kier molecular flexibility index (Phi) is 10.6. The summed E-state index contributed by atoms with van der Waals surface area (Å²) >= 11 is 0. The lowest BCUT2D eigenvalue weighted by Crippen LogP contribution is -2.32. The van der Waals surface area contributed by atoms with Crippen molar-refractivity contribution in [1.29, 1.82) is 0 Å². The molecule has 0 N–H and O–H groups in total. The van der Waals surface area contributed by atoms with Crippen LogP contribution in [-0.4, -0.2) is 8.07 Å². The summed E-state index contributed by atoms with van der Waals surface area (Å²) < 4.78 is 0. The van der Waals surface area contributed by atoms with Crippen LogP contribution in [0.1, 0.15) is 150 Å². The van der Waals surface area contributed by atoms with Gasteiger partial charge in [-0.15, -0.1) is 0 Å². The molecule has 53 heavy (non-hydrogen) atoms. The van der Waals surface area contributed by atoms with Gasteiger partial charge in [0.05, 0.1) is 0 Å². The van der Waals surface area contributed by atoms with E-state index in [-0.39, 0.29) is 0 Å². The van der Waals surface area contributed by atoms with Gasteiger partial charge >= 0.3 is 0 Å². The number of allylic oxidation sites excluding steroid dienone is 2. The molecule has 2 fully saturated rings. The summed E-state index contributed by atoms with van der Waals surface area (Å²) in [6.07, 6.45) is 18.5. The summed E-state index contributed by atoms with van der Waals surface area (Å²) in [6.45, 7) is 14.9. The third-order valence-electron chi connectivity index (χ3n) is 14.4. The molecule has 0 heterocycles. The van der Waals surface area contributed by atoms with Crippen molar-refractivity contribution in [3.8, 4) is 22.3 Å². The van der Waals surface area contributed by atoms with Gasteiger partial charge in [-0.05, 0) is 128 Å². The minimum absolute atomic E-state index is 0.596. The van der Waals surface area contributed by atoms with Gasteiger partial charge in [0.15, 0.2) is 0 Å². The molecule has 0 amide bonds. The molecule has 0 spiro atoms. The van der Waals surface area contributed by atoms with Crippen molar-refractivity contribution in [1.82, 2.24) is 0 Å². The quantitative estimate of drug-likeness (QED) is 0.128. The summed E-state index contributed by atoms with van der Waals surface area (Å²) in [5.74, 6) is 2.89. The summed E-state index contributed by atoms with van der Waals surface area (Å²) in [4.78, 5) is 0. The van der Waals surface area contributed by atoms with Crippen LogP contribution < -0.4 is 0 Å². The predicted molar refractivity (Wildman–Crippen MR) is 233 cm³/mol. The molecule has 4 aromatic rings. The van der Waals surface area contributed by atoms with Gasteiger partial charge in [0, 0.05) is 0 Å². The normalized spacial score (nSPS) is 19.0. The molecular weight excluding hydrogens is 653 g/mol. The van der Waals surface area contributed by atoms with Crippen LogP contribution in [0.2, 0.25) is 13.1 Å². The second-order valence-electron chi connectivity index (χ2n) is 18.2. The summed E-state index contributed by atoms with van der Waals surface area (Å²) in [7, 11) is -2.25. The Morgan fingerprint density at radius 2 is 0.906 bits per heavy atom. The van der Waals surface area contributed by atoms with Crippen molar-refractivity contribution in [3.63, 3.8) is 0 Å². The zero-order chi connectivity index (χ0) is 36.7. The first-order chi connectivity index (χ1) is 25.8. The Balaban J connectivity index is 1.31. The maximum absolute atomic E-state index is 2.77. The topological polar surface area (TPSA) is 0 Å². The highest BCUT2D eigenvalue weighted by atomic mass is 28.3. The molecular formula is C52H64Si. The van der Waals surface area contributed by atoms with Crippen molar-refractivity contribution in [2.75, 3.05) is 0 Å². The van der Waals surface area contributed by atoms with Gasteiger partial charge < -0.3 is 0 Å². The average Bonchev–Trinajstić information content (AvgIpc) is 4.01. The van der Waals surface area contributed by atoms with Crippen molar-refractivity contribution in [3.05, 3.63) is 129 Å². The Morgan fingerprint density at radius 3 is 1.26 bits per heavy atom. The maximum Gasteiger partial charge on any atom is 0.113 e. The molecule has 2 unspecified atom stereocenters. The van der Waals surface area contributed by atoms with E-state index in [2.05, 4.69) is 126 Å². The van der Waals surface area contributed by atoms with E-state index in [9.17, 15) is 0 Å². The molecule has 0 nitrogen and oxygen atoms in total. The zero-order valence-electron chi connectivity index (χ0n) is 33.8. The molecule has 4 aliphatic carbocycles. The first kappa shape index (κ1) is 36.5. The Labute approximate surface area is 323 Å². The second-order valence-corrected chi connectivity index (χ2v) is 22.4. The van der Waals surface area contributed by atoms with Crippen molar-refractivity contribution < 1.29 is 0 Å². The third-order valence-corrected chi connectivity index (χ3v) is 18.1. The van der Waals surface area contributed by atoms with E-state index in [4.69, 9.17) is 0 Å². The van der Waals surface area contributed by atoms with Gasteiger partial charge in [0.1, 0.15) is 8.07 Å². The van der Waals surface area contributed by atoms with E-state index in [0.717, 1.165) is 24.7 Å². The summed E-state index contributed by atoms with van der Waals surface area (Å²) in [6, 6.07) is 34.0. The Hall–Kier alpha value is -3.42. The van der Waals surface area contributed by atoms with Crippen LogP contribution >= 0.6 is 0 Å². The molecule has 2 atom stereocenters. The SMILES string of the molecule is CCC(C)c1ccc(-c2cccc3c2C([Si](C)(C)C2=C(CC4CCCC4)Cc4cccc(-c5ccc(C(C)CC)cc5)c42)=C(CC2CCCC2)C3)cc1. The standard InChI is InChI=1S/C52H64Si/c1-7-35(3)39-23-27-41(28-24-39)47-21-13-19-43-33-45(31-37-15-9-10-16-37)51(49(43)47)53(5,6)52-46(32-38-17-11-12-18-38)34-44-20-14-22-48(50(44)52)42-29-25-40(26-30-42)36(4)8-2/h13-14,19-30,35-38H,7-12,15-18,31-34H2,1-6H3. The molecule has 0 aliphatic heterocycles. The van der Waals surface area contributed by atoms with E-state index >= 15 is 0 Å². The lowest BCUT2D eigenvalue weighted by molar-refractivity contribution is 0.541. The van der Waals surface area contributed by atoms with Gasteiger partial charge in [0.25, 0.3) is 0 Å². The molecule has 8 rings (SSSR count). The van der Waals surface area contributed by atoms with Gasteiger partial charge in [-0.1, -0.05) is 188 Å². The molecule has 0 bridgehead atoms. The number of hydrogen-bond donors (Lipinski definition) is 0. The van der Waals surface area contributed by atoms with E-state index in [1.165, 1.54) is 110 Å². The molecule has 1 heteroatoms. The highest BCUT2D eigenvalue weighted by Crippen LogP contribution is 2.55. The monoisotopic (exact) mass is 716 g/mol. The lowest BCUT2D eigenvalue weighted by Gasteiger charge is -2.33. The van der Waals surface area contributed by atoms with E-state index in [1.54, 1.807) is 43.8 Å².